The van der Waals surface area contributed by atoms with Crippen LogP contribution in [0.4, 0.5) is 4.39 Å². The van der Waals surface area contributed by atoms with Gasteiger partial charge in [-0.3, -0.25) is 0 Å². The maximum absolute atomic E-state index is 14.7. The van der Waals surface area contributed by atoms with Crippen molar-refractivity contribution >= 4 is 22.5 Å². The second-order valence-corrected chi connectivity index (χ2v) is 18.8. The summed E-state index contributed by atoms with van der Waals surface area (Å²) in [6.07, 6.45) is 2.77. The summed E-state index contributed by atoms with van der Waals surface area (Å²) in [4.78, 5) is 1.38. The molecule has 3 unspecified atom stereocenters. The molecule has 1 heterocycles. The van der Waals surface area contributed by atoms with Crippen LogP contribution in [0.5, 0.6) is 0 Å². The Morgan fingerprint density at radius 3 is 2.13 bits per heavy atom. The number of hydrogen-bond donors (Lipinski definition) is 0. The number of aryl methyl sites for hydroxylation is 2. The minimum Gasteiger partial charge on any atom is -0.207 e. The van der Waals surface area contributed by atoms with E-state index in [0.717, 1.165) is 30.6 Å². The number of fused-ring (bicyclic) bond motifs is 8. The molecule has 0 saturated heterocycles. The number of benzene rings is 8. The number of rotatable bonds is 10. The van der Waals surface area contributed by atoms with Crippen molar-refractivity contribution in [1.82, 2.24) is 0 Å². The van der Waals surface area contributed by atoms with Crippen molar-refractivity contribution in [2.75, 3.05) is 0 Å². The molecule has 296 valence electrons. The van der Waals surface area contributed by atoms with E-state index in [9.17, 15) is 4.39 Å². The van der Waals surface area contributed by atoms with Gasteiger partial charge in [-0.1, -0.05) is 178 Å². The molecule has 0 amide bonds. The first kappa shape index (κ1) is 38.5. The Labute approximate surface area is 359 Å². The van der Waals surface area contributed by atoms with Crippen LogP contribution in [0.15, 0.2) is 175 Å². The standard InChI is InChI=1S/C58H51FS/c1-37-21-23-40(24-22-37)47(42-15-12-16-46(59)33-42)28-26-44-35-55-57(51-19-9-8-17-48(44)51)52-30-25-41(34-54(52)58(55,3)4)38(2)53(31-39-13-6-5-7-14-39)43-27-29-49-45(32-43)36-60-56-20-11-10-18-50(49)56/h5-25,27,29-30,32-35,38,47,53H,26,28,31,36H2,1-4H3. The third kappa shape index (κ3) is 6.99. The maximum Gasteiger partial charge on any atom is 0.123 e. The van der Waals surface area contributed by atoms with Crippen LogP contribution in [0.2, 0.25) is 0 Å². The van der Waals surface area contributed by atoms with Crippen molar-refractivity contribution in [2.24, 2.45) is 0 Å². The lowest BCUT2D eigenvalue weighted by Gasteiger charge is -2.29. The SMILES string of the molecule is Cc1ccc(C(CCc2cc3c(c4ccccc24)-c2ccc(C(C)C(Cc4ccccc4)c4ccc5c(c4)CSc4ccccc4-5)cc2C3(C)C)c2cccc(F)c2)cc1. The third-order valence-corrected chi connectivity index (χ3v) is 14.9. The summed E-state index contributed by atoms with van der Waals surface area (Å²) in [7, 11) is 0. The largest absolute Gasteiger partial charge is 0.207 e. The second-order valence-electron chi connectivity index (χ2n) is 17.8. The molecule has 0 nitrogen and oxygen atoms in total. The third-order valence-electron chi connectivity index (χ3n) is 13.8. The predicted octanol–water partition coefficient (Wildman–Crippen LogP) is 15.8. The van der Waals surface area contributed by atoms with Gasteiger partial charge in [0.05, 0.1) is 0 Å². The van der Waals surface area contributed by atoms with Crippen LogP contribution in [-0.2, 0) is 24.0 Å². The highest BCUT2D eigenvalue weighted by Crippen LogP contribution is 2.54. The normalized spacial score (nSPS) is 15.1. The van der Waals surface area contributed by atoms with E-state index >= 15 is 0 Å². The summed E-state index contributed by atoms with van der Waals surface area (Å²) < 4.78 is 14.7. The van der Waals surface area contributed by atoms with Gasteiger partial charge >= 0.3 is 0 Å². The zero-order chi connectivity index (χ0) is 41.0. The van der Waals surface area contributed by atoms with E-state index in [1.54, 1.807) is 12.1 Å². The van der Waals surface area contributed by atoms with Gasteiger partial charge in [-0.2, -0.15) is 0 Å². The van der Waals surface area contributed by atoms with Crippen LogP contribution in [0, 0.1) is 12.7 Å². The van der Waals surface area contributed by atoms with Crippen LogP contribution in [-0.4, -0.2) is 0 Å². The molecule has 0 saturated carbocycles. The first-order valence-electron chi connectivity index (χ1n) is 21.6. The zero-order valence-electron chi connectivity index (χ0n) is 35.0. The number of halogens is 1. The van der Waals surface area contributed by atoms with Gasteiger partial charge in [-0.05, 0) is 139 Å². The monoisotopic (exact) mass is 798 g/mol. The first-order valence-corrected chi connectivity index (χ1v) is 22.6. The molecule has 0 N–H and O–H groups in total. The van der Waals surface area contributed by atoms with Gasteiger partial charge in [0, 0.05) is 22.0 Å². The van der Waals surface area contributed by atoms with Crippen molar-refractivity contribution in [3.8, 4) is 22.3 Å². The van der Waals surface area contributed by atoms with Crippen molar-refractivity contribution in [1.29, 1.82) is 0 Å². The number of thioether (sulfide) groups is 1. The Bertz CT molecular complexity index is 2870. The zero-order valence-corrected chi connectivity index (χ0v) is 35.8. The molecule has 0 aromatic heterocycles. The Kier molecular flexibility index (Phi) is 10.1. The summed E-state index contributed by atoms with van der Waals surface area (Å²) in [6, 6.07) is 62.1. The molecule has 3 atom stereocenters. The Hall–Kier alpha value is -5.70. The minimum atomic E-state index is -0.180. The minimum absolute atomic E-state index is 0.0936. The van der Waals surface area contributed by atoms with Crippen LogP contribution >= 0.6 is 11.8 Å². The molecule has 1 aliphatic carbocycles. The molecule has 1 aliphatic heterocycles. The van der Waals surface area contributed by atoms with E-state index in [1.165, 1.54) is 88.0 Å². The van der Waals surface area contributed by atoms with Gasteiger partial charge in [0.25, 0.3) is 0 Å². The predicted molar refractivity (Wildman–Crippen MR) is 252 cm³/mol. The van der Waals surface area contributed by atoms with Crippen LogP contribution < -0.4 is 0 Å². The number of hydrogen-bond acceptors (Lipinski definition) is 1. The average molecular weight is 799 g/mol. The lowest BCUT2D eigenvalue weighted by molar-refractivity contribution is 0.569. The fraction of sp³-hybridized carbons (Fsp3) is 0.207. The molecule has 0 bridgehead atoms. The summed E-state index contributed by atoms with van der Waals surface area (Å²) in [6.45, 7) is 9.42. The van der Waals surface area contributed by atoms with Gasteiger partial charge in [0.1, 0.15) is 5.82 Å². The van der Waals surface area contributed by atoms with Crippen molar-refractivity contribution in [2.45, 2.75) is 80.8 Å². The van der Waals surface area contributed by atoms with Crippen LogP contribution in [0.25, 0.3) is 33.0 Å². The highest BCUT2D eigenvalue weighted by Gasteiger charge is 2.38. The lowest BCUT2D eigenvalue weighted by Crippen LogP contribution is -2.17. The van der Waals surface area contributed by atoms with E-state index in [-0.39, 0.29) is 17.2 Å². The Morgan fingerprint density at radius 1 is 0.600 bits per heavy atom. The van der Waals surface area contributed by atoms with Gasteiger partial charge < -0.3 is 0 Å². The Morgan fingerprint density at radius 2 is 1.32 bits per heavy atom. The molecule has 10 rings (SSSR count). The van der Waals surface area contributed by atoms with Crippen molar-refractivity contribution < 1.29 is 4.39 Å². The molecule has 2 heteroatoms. The molecule has 60 heavy (non-hydrogen) atoms. The summed E-state index contributed by atoms with van der Waals surface area (Å²) >= 11 is 1.96. The molecule has 8 aromatic carbocycles. The van der Waals surface area contributed by atoms with E-state index in [1.807, 2.05) is 17.8 Å². The molecular formula is C58H51FS. The molecule has 0 fully saturated rings. The first-order chi connectivity index (χ1) is 29.2. The topological polar surface area (TPSA) is 0 Å². The maximum atomic E-state index is 14.7. The molecule has 2 aliphatic rings. The highest BCUT2D eigenvalue weighted by atomic mass is 32.2. The smallest absolute Gasteiger partial charge is 0.123 e. The summed E-state index contributed by atoms with van der Waals surface area (Å²) in [5.74, 6) is 1.53. The second kappa shape index (κ2) is 15.7. The fourth-order valence-electron chi connectivity index (χ4n) is 10.4. The molecule has 0 radical (unpaired) electrons. The van der Waals surface area contributed by atoms with Gasteiger partial charge in [0.2, 0.25) is 0 Å². The molecular weight excluding hydrogens is 748 g/mol. The van der Waals surface area contributed by atoms with Gasteiger partial charge in [0.15, 0.2) is 0 Å². The van der Waals surface area contributed by atoms with Crippen LogP contribution in [0.3, 0.4) is 0 Å². The lowest BCUT2D eigenvalue weighted by atomic mass is 9.76. The Balaban J connectivity index is 1.01. The summed E-state index contributed by atoms with van der Waals surface area (Å²) in [5.41, 5.74) is 18.6. The van der Waals surface area contributed by atoms with E-state index in [2.05, 4.69) is 179 Å². The van der Waals surface area contributed by atoms with E-state index in [4.69, 9.17) is 0 Å². The fourth-order valence-corrected chi connectivity index (χ4v) is 11.5. The van der Waals surface area contributed by atoms with E-state index < -0.39 is 0 Å². The quantitative estimate of drug-likeness (QED) is 0.133. The molecule has 0 spiro atoms. The molecule has 8 aromatic rings. The van der Waals surface area contributed by atoms with Crippen LogP contribution in [0.1, 0.15) is 101 Å². The highest BCUT2D eigenvalue weighted by molar-refractivity contribution is 7.98. The van der Waals surface area contributed by atoms with Crippen molar-refractivity contribution in [3.05, 3.63) is 231 Å². The van der Waals surface area contributed by atoms with E-state index in [0.29, 0.717) is 11.8 Å². The van der Waals surface area contributed by atoms with Gasteiger partial charge in [-0.25, -0.2) is 4.39 Å². The van der Waals surface area contributed by atoms with Gasteiger partial charge in [-0.15, -0.1) is 11.8 Å². The summed E-state index contributed by atoms with van der Waals surface area (Å²) in [5, 5.41) is 2.64. The average Bonchev–Trinajstić information content (AvgIpc) is 3.51. The van der Waals surface area contributed by atoms with Crippen molar-refractivity contribution in [3.63, 3.8) is 0 Å².